The van der Waals surface area contributed by atoms with E-state index in [0.717, 1.165) is 40.7 Å². The van der Waals surface area contributed by atoms with Crippen LogP contribution in [0.3, 0.4) is 0 Å². The number of hydrogen-bond donors (Lipinski definition) is 1. The molecule has 2 heterocycles. The predicted octanol–water partition coefficient (Wildman–Crippen LogP) is 4.84. The number of ether oxygens (including phenoxy) is 2. The maximum Gasteiger partial charge on any atom is 0.143 e. The molecule has 3 aromatic rings. The van der Waals surface area contributed by atoms with Gasteiger partial charge in [-0.2, -0.15) is 5.26 Å². The van der Waals surface area contributed by atoms with Gasteiger partial charge in [0.2, 0.25) is 0 Å². The van der Waals surface area contributed by atoms with Gasteiger partial charge in [-0.15, -0.1) is 0 Å². The Kier molecular flexibility index (Phi) is 6.57. The Hall–Kier alpha value is -2.82. The summed E-state index contributed by atoms with van der Waals surface area (Å²) in [5.41, 5.74) is 3.25. The molecule has 1 N–H and O–H groups in total. The molecule has 0 aliphatic heterocycles. The summed E-state index contributed by atoms with van der Waals surface area (Å²) in [6, 6.07) is 13.2. The van der Waals surface area contributed by atoms with Gasteiger partial charge in [-0.3, -0.25) is 0 Å². The first-order valence-corrected chi connectivity index (χ1v) is 13.4. The fourth-order valence-electron chi connectivity index (χ4n) is 2.99. The number of nitrogens with zero attached hydrogens (tertiary/aromatic N) is 3. The number of nitrogens with one attached hydrogen (secondary N) is 1. The summed E-state index contributed by atoms with van der Waals surface area (Å²) in [5.74, 6) is 0.823. The molecule has 0 spiro atoms. The van der Waals surface area contributed by atoms with Crippen molar-refractivity contribution in [3.05, 3.63) is 53.9 Å². The van der Waals surface area contributed by atoms with Gasteiger partial charge < -0.3 is 19.4 Å². The molecule has 0 saturated carbocycles. The Morgan fingerprint density at radius 1 is 1.17 bits per heavy atom. The molecule has 0 amide bonds. The van der Waals surface area contributed by atoms with E-state index < -0.39 is 8.07 Å². The van der Waals surface area contributed by atoms with Crippen molar-refractivity contribution < 1.29 is 9.47 Å². The highest BCUT2D eigenvalue weighted by Gasteiger charge is 2.14. The van der Waals surface area contributed by atoms with Crippen LogP contribution in [-0.2, 0) is 18.0 Å². The molecular formula is C22H28N4O2Si. The highest BCUT2D eigenvalue weighted by Crippen LogP contribution is 2.27. The van der Waals surface area contributed by atoms with E-state index in [4.69, 9.17) is 9.47 Å². The molecule has 29 heavy (non-hydrogen) atoms. The fourth-order valence-corrected chi connectivity index (χ4v) is 3.75. The number of pyridine rings is 1. The average Bonchev–Trinajstić information content (AvgIpc) is 3.12. The van der Waals surface area contributed by atoms with Gasteiger partial charge in [0.15, 0.2) is 0 Å². The van der Waals surface area contributed by atoms with Crippen molar-refractivity contribution in [2.24, 2.45) is 0 Å². The highest BCUT2D eigenvalue weighted by atomic mass is 28.3. The summed E-state index contributed by atoms with van der Waals surface area (Å²) >= 11 is 0. The lowest BCUT2D eigenvalue weighted by Crippen LogP contribution is -2.22. The second kappa shape index (κ2) is 9.12. The number of fused-ring (bicyclic) bond motifs is 1. The molecule has 2 aromatic heterocycles. The van der Waals surface area contributed by atoms with Crippen molar-refractivity contribution in [3.8, 4) is 11.8 Å². The number of hydrogen-bond acceptors (Lipinski definition) is 5. The molecule has 3 rings (SSSR count). The van der Waals surface area contributed by atoms with Crippen LogP contribution in [0.15, 0.2) is 42.7 Å². The van der Waals surface area contributed by atoms with Crippen molar-refractivity contribution in [3.63, 3.8) is 0 Å². The van der Waals surface area contributed by atoms with E-state index in [9.17, 15) is 5.26 Å². The molecule has 0 saturated heterocycles. The van der Waals surface area contributed by atoms with E-state index in [1.54, 1.807) is 13.3 Å². The number of rotatable bonds is 9. The van der Waals surface area contributed by atoms with E-state index in [1.165, 1.54) is 0 Å². The van der Waals surface area contributed by atoms with Crippen LogP contribution in [-0.4, -0.2) is 31.3 Å². The predicted molar refractivity (Wildman–Crippen MR) is 119 cm³/mol. The van der Waals surface area contributed by atoms with E-state index in [2.05, 4.69) is 36.0 Å². The molecule has 0 bridgehead atoms. The normalized spacial score (nSPS) is 11.4. The Labute approximate surface area is 173 Å². The van der Waals surface area contributed by atoms with E-state index >= 15 is 0 Å². The van der Waals surface area contributed by atoms with Gasteiger partial charge in [0.1, 0.15) is 24.2 Å². The quantitative estimate of drug-likeness (QED) is 0.405. The molecule has 0 radical (unpaired) electrons. The van der Waals surface area contributed by atoms with Crippen molar-refractivity contribution in [2.45, 2.75) is 39.0 Å². The minimum absolute atomic E-state index is 0.463. The van der Waals surface area contributed by atoms with Crippen molar-refractivity contribution in [2.75, 3.05) is 19.0 Å². The Balaban J connectivity index is 1.75. The molecule has 1 aromatic carbocycles. The van der Waals surface area contributed by atoms with E-state index in [0.29, 0.717) is 18.8 Å². The first-order valence-electron chi connectivity index (χ1n) is 9.74. The number of aromatic nitrogens is 2. The lowest BCUT2D eigenvalue weighted by molar-refractivity contribution is 0.0899. The molecule has 0 aliphatic rings. The minimum atomic E-state index is -1.11. The van der Waals surface area contributed by atoms with Crippen molar-refractivity contribution >= 4 is 24.8 Å². The number of benzene rings is 1. The minimum Gasteiger partial charge on any atom is -0.497 e. The third-order valence-electron chi connectivity index (χ3n) is 4.76. The molecular weight excluding hydrogens is 380 g/mol. The Morgan fingerprint density at radius 3 is 2.59 bits per heavy atom. The molecule has 6 nitrogen and oxygen atoms in total. The second-order valence-electron chi connectivity index (χ2n) is 8.23. The lowest BCUT2D eigenvalue weighted by Gasteiger charge is -2.16. The van der Waals surface area contributed by atoms with Crippen LogP contribution in [0.1, 0.15) is 11.1 Å². The zero-order chi connectivity index (χ0) is 20.9. The average molecular weight is 409 g/mol. The van der Waals surface area contributed by atoms with Gasteiger partial charge in [0, 0.05) is 39.0 Å². The van der Waals surface area contributed by atoms with Crippen LogP contribution in [0.4, 0.5) is 5.69 Å². The first-order chi connectivity index (χ1) is 13.9. The number of anilines is 1. The highest BCUT2D eigenvalue weighted by molar-refractivity contribution is 6.76. The standard InChI is InChI=1S/C22H28N4O2Si/c1-27-19-7-5-17(6-8-19)14-24-21-18(13-23)15-25-22-20(21)9-10-26(22)16-28-11-12-29(2,3)4/h5-10,15H,11-12,14,16H2,1-4H3,(H,24,25). The number of methoxy groups -OCH3 is 1. The van der Waals surface area contributed by atoms with Gasteiger partial charge in [-0.05, 0) is 29.8 Å². The third-order valence-corrected chi connectivity index (χ3v) is 6.47. The van der Waals surface area contributed by atoms with Gasteiger partial charge in [0.25, 0.3) is 0 Å². The van der Waals surface area contributed by atoms with E-state index in [1.807, 2.05) is 41.1 Å². The summed E-state index contributed by atoms with van der Waals surface area (Å²) in [6.45, 7) is 8.85. The summed E-state index contributed by atoms with van der Waals surface area (Å²) in [4.78, 5) is 4.49. The summed E-state index contributed by atoms with van der Waals surface area (Å²) < 4.78 is 13.1. The maximum absolute atomic E-state index is 9.53. The topological polar surface area (TPSA) is 72.1 Å². The SMILES string of the molecule is COc1ccc(CNc2c(C#N)cnc3c2ccn3COCC[Si](C)(C)C)cc1. The van der Waals surface area contributed by atoms with Crippen LogP contribution in [0.5, 0.6) is 5.75 Å². The fraction of sp³-hybridized carbons (Fsp3) is 0.364. The monoisotopic (exact) mass is 408 g/mol. The zero-order valence-corrected chi connectivity index (χ0v) is 18.5. The Bertz CT molecular complexity index is 1000. The lowest BCUT2D eigenvalue weighted by atomic mass is 10.1. The zero-order valence-electron chi connectivity index (χ0n) is 17.5. The van der Waals surface area contributed by atoms with Gasteiger partial charge in [-0.25, -0.2) is 4.98 Å². The molecule has 0 unspecified atom stereocenters. The molecule has 152 valence electrons. The second-order valence-corrected chi connectivity index (χ2v) is 13.9. The van der Waals surface area contributed by atoms with Crippen molar-refractivity contribution in [1.29, 1.82) is 5.26 Å². The van der Waals surface area contributed by atoms with Crippen LogP contribution in [0, 0.1) is 11.3 Å². The Morgan fingerprint density at radius 2 is 1.93 bits per heavy atom. The smallest absolute Gasteiger partial charge is 0.143 e. The molecule has 0 aliphatic carbocycles. The van der Waals surface area contributed by atoms with Crippen LogP contribution in [0.2, 0.25) is 25.7 Å². The summed E-state index contributed by atoms with van der Waals surface area (Å²) in [7, 11) is 0.545. The summed E-state index contributed by atoms with van der Waals surface area (Å²) in [6.07, 6.45) is 3.59. The molecule has 0 fully saturated rings. The first kappa shape index (κ1) is 20.9. The van der Waals surface area contributed by atoms with E-state index in [-0.39, 0.29) is 0 Å². The molecule has 0 atom stereocenters. The third kappa shape index (κ3) is 5.37. The van der Waals surface area contributed by atoms with Gasteiger partial charge in [-0.1, -0.05) is 31.8 Å². The van der Waals surface area contributed by atoms with Gasteiger partial charge in [0.05, 0.1) is 18.4 Å². The number of nitriles is 1. The largest absolute Gasteiger partial charge is 0.497 e. The summed E-state index contributed by atoms with van der Waals surface area (Å²) in [5, 5.41) is 13.9. The van der Waals surface area contributed by atoms with Gasteiger partial charge >= 0.3 is 0 Å². The molecule has 7 heteroatoms. The maximum atomic E-state index is 9.53. The van der Waals surface area contributed by atoms with Crippen molar-refractivity contribution in [1.82, 2.24) is 9.55 Å². The van der Waals surface area contributed by atoms with Crippen LogP contribution >= 0.6 is 0 Å². The van der Waals surface area contributed by atoms with Crippen LogP contribution < -0.4 is 10.1 Å². The van der Waals surface area contributed by atoms with Crippen LogP contribution in [0.25, 0.3) is 11.0 Å².